The van der Waals surface area contributed by atoms with Gasteiger partial charge in [0.05, 0.1) is 23.0 Å². The number of nitrogens with two attached hydrogens (primary N) is 1. The first-order valence-electron chi connectivity index (χ1n) is 5.43. The average molecular weight is 258 g/mol. The topological polar surface area (TPSA) is 61.8 Å². The highest BCUT2D eigenvalue weighted by Gasteiger charge is 2.04. The van der Waals surface area contributed by atoms with Gasteiger partial charge < -0.3 is 11.1 Å². The van der Waals surface area contributed by atoms with E-state index in [2.05, 4.69) is 11.4 Å². The number of benzene rings is 2. The predicted octanol–water partition coefficient (Wildman–Crippen LogP) is 3.85. The molecule has 2 aromatic rings. The van der Waals surface area contributed by atoms with Crippen LogP contribution in [0, 0.1) is 18.3 Å². The quantitative estimate of drug-likeness (QED) is 0.804. The lowest BCUT2D eigenvalue weighted by atomic mass is 10.1. The lowest BCUT2D eigenvalue weighted by Crippen LogP contribution is -1.98. The molecule has 0 spiro atoms. The van der Waals surface area contributed by atoms with E-state index < -0.39 is 0 Å². The zero-order valence-electron chi connectivity index (χ0n) is 9.87. The van der Waals surface area contributed by atoms with Gasteiger partial charge >= 0.3 is 0 Å². The first-order valence-corrected chi connectivity index (χ1v) is 5.81. The second-order valence-corrected chi connectivity index (χ2v) is 4.43. The van der Waals surface area contributed by atoms with Gasteiger partial charge in [0.15, 0.2) is 0 Å². The summed E-state index contributed by atoms with van der Waals surface area (Å²) in [6.45, 7) is 1.98. The summed E-state index contributed by atoms with van der Waals surface area (Å²) in [6, 6.07) is 12.8. The maximum Gasteiger partial charge on any atom is 0.0992 e. The molecular weight excluding hydrogens is 246 g/mol. The fourth-order valence-electron chi connectivity index (χ4n) is 1.61. The highest BCUT2D eigenvalue weighted by atomic mass is 35.5. The van der Waals surface area contributed by atoms with E-state index >= 15 is 0 Å². The van der Waals surface area contributed by atoms with E-state index in [1.807, 2.05) is 25.1 Å². The molecule has 0 atom stereocenters. The summed E-state index contributed by atoms with van der Waals surface area (Å²) in [5.74, 6) is 0. The Morgan fingerprint density at radius 2 is 1.94 bits per heavy atom. The average Bonchev–Trinajstić information content (AvgIpc) is 2.36. The number of aryl methyl sites for hydroxylation is 1. The van der Waals surface area contributed by atoms with Crippen molar-refractivity contribution in [2.45, 2.75) is 6.92 Å². The van der Waals surface area contributed by atoms with Crippen LogP contribution in [0.3, 0.4) is 0 Å². The number of nitrogen functional groups attached to an aromatic ring is 1. The van der Waals surface area contributed by atoms with Crippen LogP contribution in [0.4, 0.5) is 17.1 Å². The molecule has 0 aromatic heterocycles. The summed E-state index contributed by atoms with van der Waals surface area (Å²) in [4.78, 5) is 0. The normalized spacial score (nSPS) is 9.83. The number of halogens is 1. The summed E-state index contributed by atoms with van der Waals surface area (Å²) in [6.07, 6.45) is 0. The number of anilines is 3. The molecule has 0 radical (unpaired) electrons. The number of nitrogens with one attached hydrogen (secondary N) is 1. The lowest BCUT2D eigenvalue weighted by Gasteiger charge is -2.12. The Kier molecular flexibility index (Phi) is 3.40. The second kappa shape index (κ2) is 4.99. The van der Waals surface area contributed by atoms with Crippen LogP contribution >= 0.6 is 11.6 Å². The second-order valence-electron chi connectivity index (χ2n) is 4.00. The molecule has 0 saturated carbocycles. The summed E-state index contributed by atoms with van der Waals surface area (Å²) in [5.41, 5.74) is 9.67. The fraction of sp³-hybridized carbons (Fsp3) is 0.0714. The zero-order valence-corrected chi connectivity index (χ0v) is 10.6. The molecule has 0 fully saturated rings. The van der Waals surface area contributed by atoms with Crippen LogP contribution in [0.2, 0.25) is 5.02 Å². The zero-order chi connectivity index (χ0) is 13.1. The third-order valence-corrected chi connectivity index (χ3v) is 2.89. The van der Waals surface area contributed by atoms with Gasteiger partial charge in [0, 0.05) is 10.7 Å². The summed E-state index contributed by atoms with van der Waals surface area (Å²) in [7, 11) is 0. The molecule has 3 N–H and O–H groups in total. The standard InChI is InChI=1S/C14H12ClN3/c1-9-2-4-11(15)7-13(9)18-14-6-10(8-16)3-5-12(14)17/h2-7,18H,17H2,1H3. The number of hydrogen-bond acceptors (Lipinski definition) is 3. The lowest BCUT2D eigenvalue weighted by molar-refractivity contribution is 1.42. The maximum atomic E-state index is 8.88. The van der Waals surface area contributed by atoms with Crippen LogP contribution in [0.5, 0.6) is 0 Å². The van der Waals surface area contributed by atoms with E-state index in [-0.39, 0.29) is 0 Å². The minimum absolute atomic E-state index is 0.561. The first-order chi connectivity index (χ1) is 8.60. The van der Waals surface area contributed by atoms with E-state index in [0.717, 1.165) is 11.3 Å². The van der Waals surface area contributed by atoms with Gasteiger partial charge in [-0.3, -0.25) is 0 Å². The highest BCUT2D eigenvalue weighted by molar-refractivity contribution is 6.30. The molecule has 0 unspecified atom stereocenters. The van der Waals surface area contributed by atoms with Crippen molar-refractivity contribution in [3.8, 4) is 6.07 Å². The van der Waals surface area contributed by atoms with Crippen molar-refractivity contribution in [1.82, 2.24) is 0 Å². The Morgan fingerprint density at radius 3 is 2.67 bits per heavy atom. The Bertz CT molecular complexity index is 629. The third kappa shape index (κ3) is 2.55. The van der Waals surface area contributed by atoms with Gasteiger partial charge in [0.2, 0.25) is 0 Å². The molecule has 0 saturated heterocycles. The number of nitrogens with zero attached hydrogens (tertiary/aromatic N) is 1. The highest BCUT2D eigenvalue weighted by Crippen LogP contribution is 2.28. The van der Waals surface area contributed by atoms with E-state index in [1.54, 1.807) is 18.2 Å². The molecule has 0 aliphatic rings. The molecule has 3 nitrogen and oxygen atoms in total. The molecule has 2 aromatic carbocycles. The molecule has 2 rings (SSSR count). The number of rotatable bonds is 2. The van der Waals surface area contributed by atoms with E-state index in [4.69, 9.17) is 22.6 Å². The van der Waals surface area contributed by atoms with Crippen molar-refractivity contribution < 1.29 is 0 Å². The molecule has 18 heavy (non-hydrogen) atoms. The van der Waals surface area contributed by atoms with Gasteiger partial charge in [0.25, 0.3) is 0 Å². The van der Waals surface area contributed by atoms with E-state index in [9.17, 15) is 0 Å². The van der Waals surface area contributed by atoms with Crippen molar-refractivity contribution in [2.75, 3.05) is 11.1 Å². The van der Waals surface area contributed by atoms with Gasteiger partial charge in [-0.2, -0.15) is 5.26 Å². The molecule has 0 heterocycles. The SMILES string of the molecule is Cc1ccc(Cl)cc1Nc1cc(C#N)ccc1N. The van der Waals surface area contributed by atoms with Crippen LogP contribution in [-0.2, 0) is 0 Å². The van der Waals surface area contributed by atoms with Crippen LogP contribution in [0.1, 0.15) is 11.1 Å². The van der Waals surface area contributed by atoms with Crippen molar-refractivity contribution in [3.05, 3.63) is 52.5 Å². The smallest absolute Gasteiger partial charge is 0.0992 e. The number of hydrogen-bond donors (Lipinski definition) is 2. The number of nitriles is 1. The van der Waals surface area contributed by atoms with Crippen LogP contribution in [-0.4, -0.2) is 0 Å². The van der Waals surface area contributed by atoms with Gasteiger partial charge in [0.1, 0.15) is 0 Å². The summed E-state index contributed by atoms with van der Waals surface area (Å²) < 4.78 is 0. The van der Waals surface area contributed by atoms with Gasteiger partial charge in [-0.1, -0.05) is 17.7 Å². The van der Waals surface area contributed by atoms with Crippen molar-refractivity contribution in [1.29, 1.82) is 5.26 Å². The van der Waals surface area contributed by atoms with Crippen molar-refractivity contribution in [3.63, 3.8) is 0 Å². The Balaban J connectivity index is 2.39. The maximum absolute atomic E-state index is 8.88. The van der Waals surface area contributed by atoms with E-state index in [0.29, 0.717) is 22.0 Å². The van der Waals surface area contributed by atoms with Crippen LogP contribution < -0.4 is 11.1 Å². The largest absolute Gasteiger partial charge is 0.397 e. The van der Waals surface area contributed by atoms with Crippen LogP contribution in [0.15, 0.2) is 36.4 Å². The Morgan fingerprint density at radius 1 is 1.17 bits per heavy atom. The molecule has 4 heteroatoms. The minimum atomic E-state index is 0.561. The minimum Gasteiger partial charge on any atom is -0.397 e. The van der Waals surface area contributed by atoms with Crippen molar-refractivity contribution in [2.24, 2.45) is 0 Å². The van der Waals surface area contributed by atoms with Crippen LogP contribution in [0.25, 0.3) is 0 Å². The Hall–Kier alpha value is -2.18. The predicted molar refractivity (Wildman–Crippen MR) is 75.0 cm³/mol. The summed E-state index contributed by atoms with van der Waals surface area (Å²) >= 11 is 5.96. The summed E-state index contributed by atoms with van der Waals surface area (Å²) in [5, 5.41) is 12.7. The van der Waals surface area contributed by atoms with Crippen molar-refractivity contribution >= 4 is 28.7 Å². The van der Waals surface area contributed by atoms with Gasteiger partial charge in [-0.05, 0) is 42.8 Å². The molecule has 0 aliphatic carbocycles. The van der Waals surface area contributed by atoms with Gasteiger partial charge in [-0.25, -0.2) is 0 Å². The molecule has 0 aliphatic heterocycles. The molecule has 0 amide bonds. The first kappa shape index (κ1) is 12.3. The van der Waals surface area contributed by atoms with E-state index in [1.165, 1.54) is 0 Å². The molecule has 0 bridgehead atoms. The molecule has 90 valence electrons. The monoisotopic (exact) mass is 257 g/mol. The third-order valence-electron chi connectivity index (χ3n) is 2.65. The van der Waals surface area contributed by atoms with Gasteiger partial charge in [-0.15, -0.1) is 0 Å². The molecular formula is C14H12ClN3. The Labute approximate surface area is 111 Å². The fourth-order valence-corrected chi connectivity index (χ4v) is 1.78.